The van der Waals surface area contributed by atoms with Crippen molar-refractivity contribution < 1.29 is 9.53 Å². The summed E-state index contributed by atoms with van der Waals surface area (Å²) in [5.74, 6) is 2.99. The second-order valence-electron chi connectivity index (χ2n) is 7.64. The van der Waals surface area contributed by atoms with Crippen molar-refractivity contribution in [2.24, 2.45) is 23.7 Å². The van der Waals surface area contributed by atoms with Gasteiger partial charge in [-0.2, -0.15) is 0 Å². The summed E-state index contributed by atoms with van der Waals surface area (Å²) in [5, 5.41) is 0. The third kappa shape index (κ3) is 3.64. The van der Waals surface area contributed by atoms with Gasteiger partial charge in [-0.05, 0) is 74.2 Å². The maximum absolute atomic E-state index is 11.4. The fourth-order valence-electron chi connectivity index (χ4n) is 4.58. The predicted octanol–water partition coefficient (Wildman–Crippen LogP) is 5.05. The van der Waals surface area contributed by atoms with Crippen LogP contribution in [-0.4, -0.2) is 12.1 Å². The van der Waals surface area contributed by atoms with E-state index in [1.807, 2.05) is 0 Å². The number of cyclic esters (lactones) is 1. The van der Waals surface area contributed by atoms with Gasteiger partial charge >= 0.3 is 5.97 Å². The molecular formula is C20H30O2. The molecule has 2 heteroatoms. The van der Waals surface area contributed by atoms with Gasteiger partial charge in [-0.1, -0.05) is 32.1 Å². The van der Waals surface area contributed by atoms with Crippen LogP contribution in [0.3, 0.4) is 0 Å². The van der Waals surface area contributed by atoms with Crippen molar-refractivity contribution in [3.05, 3.63) is 23.8 Å². The Bertz CT molecular complexity index is 462. The Morgan fingerprint density at radius 2 is 2.05 bits per heavy atom. The van der Waals surface area contributed by atoms with E-state index in [9.17, 15) is 4.79 Å². The van der Waals surface area contributed by atoms with E-state index < -0.39 is 0 Å². The third-order valence-electron chi connectivity index (χ3n) is 5.89. The molecule has 2 nitrogen and oxygen atoms in total. The number of fused-ring (bicyclic) bond motifs is 1. The molecule has 1 aliphatic heterocycles. The van der Waals surface area contributed by atoms with E-state index in [2.05, 4.69) is 32.1 Å². The van der Waals surface area contributed by atoms with Crippen LogP contribution in [0, 0.1) is 23.7 Å². The van der Waals surface area contributed by atoms with Crippen molar-refractivity contribution in [3.63, 3.8) is 0 Å². The number of rotatable bonds is 4. The Morgan fingerprint density at radius 3 is 2.86 bits per heavy atom. The van der Waals surface area contributed by atoms with Crippen LogP contribution in [0.15, 0.2) is 23.8 Å². The molecule has 0 amide bonds. The minimum Gasteiger partial charge on any atom is -0.462 e. The summed E-state index contributed by atoms with van der Waals surface area (Å²) in [7, 11) is 0. The first-order chi connectivity index (χ1) is 10.6. The molecule has 0 aromatic rings. The molecule has 0 spiro atoms. The van der Waals surface area contributed by atoms with Crippen LogP contribution in [0.25, 0.3) is 0 Å². The maximum atomic E-state index is 11.4. The van der Waals surface area contributed by atoms with Crippen molar-refractivity contribution >= 4 is 5.97 Å². The van der Waals surface area contributed by atoms with E-state index >= 15 is 0 Å². The van der Waals surface area contributed by atoms with E-state index in [1.165, 1.54) is 25.7 Å². The number of ether oxygens (including phenoxy) is 1. The second-order valence-corrected chi connectivity index (χ2v) is 7.64. The number of hydrogen-bond acceptors (Lipinski definition) is 2. The fourth-order valence-corrected chi connectivity index (χ4v) is 4.58. The monoisotopic (exact) mass is 302 g/mol. The standard InChI is InChI=1S/C20H30O2/c1-14-9-12-19-16(13-14)11-10-15(2)18(19)7-3-5-17-6-4-8-20(21)22-17/h10-11,13-15,17-19H,3-9,12H2,1-2H3/t14-,15?,17-,18?,19?/m1/s1. The molecule has 0 radical (unpaired) electrons. The molecule has 1 heterocycles. The first-order valence-electron chi connectivity index (χ1n) is 9.23. The van der Waals surface area contributed by atoms with Crippen molar-refractivity contribution in [2.45, 2.75) is 71.3 Å². The summed E-state index contributed by atoms with van der Waals surface area (Å²) in [4.78, 5) is 11.4. The van der Waals surface area contributed by atoms with E-state index in [-0.39, 0.29) is 12.1 Å². The van der Waals surface area contributed by atoms with Gasteiger partial charge in [-0.3, -0.25) is 4.79 Å². The van der Waals surface area contributed by atoms with Gasteiger partial charge in [0.2, 0.25) is 0 Å². The molecule has 0 saturated carbocycles. The average molecular weight is 302 g/mol. The van der Waals surface area contributed by atoms with Gasteiger partial charge in [0.1, 0.15) is 6.10 Å². The molecule has 22 heavy (non-hydrogen) atoms. The zero-order valence-electron chi connectivity index (χ0n) is 14.1. The smallest absolute Gasteiger partial charge is 0.306 e. The summed E-state index contributed by atoms with van der Waals surface area (Å²) in [6, 6.07) is 0. The third-order valence-corrected chi connectivity index (χ3v) is 5.89. The summed E-state index contributed by atoms with van der Waals surface area (Å²) < 4.78 is 5.46. The van der Waals surface area contributed by atoms with Gasteiger partial charge in [0.05, 0.1) is 0 Å². The Labute approximate surface area is 135 Å². The Hall–Kier alpha value is -1.05. The van der Waals surface area contributed by atoms with E-state index in [0.29, 0.717) is 12.3 Å². The molecule has 0 N–H and O–H groups in total. The Morgan fingerprint density at radius 1 is 1.18 bits per heavy atom. The zero-order chi connectivity index (χ0) is 15.5. The average Bonchev–Trinajstić information content (AvgIpc) is 2.49. The quantitative estimate of drug-likeness (QED) is 0.679. The van der Waals surface area contributed by atoms with Crippen molar-refractivity contribution in [2.75, 3.05) is 0 Å². The van der Waals surface area contributed by atoms with Gasteiger partial charge in [-0.25, -0.2) is 0 Å². The van der Waals surface area contributed by atoms with Crippen LogP contribution in [-0.2, 0) is 9.53 Å². The van der Waals surface area contributed by atoms with E-state index in [1.54, 1.807) is 5.57 Å². The Balaban J connectivity index is 1.54. The maximum Gasteiger partial charge on any atom is 0.306 e. The molecule has 0 bridgehead atoms. The number of carbonyl (C=O) groups is 1. The summed E-state index contributed by atoms with van der Waals surface area (Å²) in [5.41, 5.74) is 1.59. The molecule has 2 aliphatic carbocycles. The van der Waals surface area contributed by atoms with Gasteiger partial charge in [0, 0.05) is 6.42 Å². The molecule has 122 valence electrons. The summed E-state index contributed by atoms with van der Waals surface area (Å²) >= 11 is 0. The van der Waals surface area contributed by atoms with Crippen LogP contribution in [0.4, 0.5) is 0 Å². The number of hydrogen-bond donors (Lipinski definition) is 0. The highest BCUT2D eigenvalue weighted by Crippen LogP contribution is 2.43. The fraction of sp³-hybridized carbons (Fsp3) is 0.750. The first kappa shape index (κ1) is 15.8. The highest BCUT2D eigenvalue weighted by atomic mass is 16.5. The number of allylic oxidation sites excluding steroid dienone is 4. The minimum absolute atomic E-state index is 0.0108. The lowest BCUT2D eigenvalue weighted by Gasteiger charge is -2.38. The van der Waals surface area contributed by atoms with Gasteiger partial charge in [0.25, 0.3) is 0 Å². The SMILES string of the molecule is CC1C=CC2=C[C@H](C)CCC2C1CCC[C@@H]1CCCC(=O)O1. The zero-order valence-corrected chi connectivity index (χ0v) is 14.1. The normalized spacial score (nSPS) is 38.2. The van der Waals surface area contributed by atoms with Crippen molar-refractivity contribution in [3.8, 4) is 0 Å². The van der Waals surface area contributed by atoms with Crippen LogP contribution >= 0.6 is 0 Å². The molecule has 5 atom stereocenters. The van der Waals surface area contributed by atoms with Crippen LogP contribution in [0.2, 0.25) is 0 Å². The predicted molar refractivity (Wildman–Crippen MR) is 89.3 cm³/mol. The highest BCUT2D eigenvalue weighted by Gasteiger charge is 2.33. The van der Waals surface area contributed by atoms with Gasteiger partial charge < -0.3 is 4.74 Å². The summed E-state index contributed by atoms with van der Waals surface area (Å²) in [6.45, 7) is 4.71. The van der Waals surface area contributed by atoms with Crippen LogP contribution < -0.4 is 0 Å². The lowest BCUT2D eigenvalue weighted by atomic mass is 9.67. The van der Waals surface area contributed by atoms with Crippen LogP contribution in [0.5, 0.6) is 0 Å². The van der Waals surface area contributed by atoms with Crippen molar-refractivity contribution in [1.29, 1.82) is 0 Å². The lowest BCUT2D eigenvalue weighted by molar-refractivity contribution is -0.154. The van der Waals surface area contributed by atoms with E-state index in [4.69, 9.17) is 4.74 Å². The molecular weight excluding hydrogens is 272 g/mol. The lowest BCUT2D eigenvalue weighted by Crippen LogP contribution is -2.29. The van der Waals surface area contributed by atoms with Crippen molar-refractivity contribution in [1.82, 2.24) is 0 Å². The van der Waals surface area contributed by atoms with Gasteiger partial charge in [-0.15, -0.1) is 0 Å². The number of esters is 1. The molecule has 3 unspecified atom stereocenters. The molecule has 3 aliphatic rings. The molecule has 1 saturated heterocycles. The molecule has 0 aromatic heterocycles. The second kappa shape index (κ2) is 7.02. The first-order valence-corrected chi connectivity index (χ1v) is 9.23. The van der Waals surface area contributed by atoms with Gasteiger partial charge in [0.15, 0.2) is 0 Å². The number of carbonyl (C=O) groups excluding carboxylic acids is 1. The topological polar surface area (TPSA) is 26.3 Å². The van der Waals surface area contributed by atoms with E-state index in [0.717, 1.165) is 37.0 Å². The minimum atomic E-state index is 0.0108. The molecule has 3 rings (SSSR count). The van der Waals surface area contributed by atoms with Crippen LogP contribution in [0.1, 0.15) is 65.2 Å². The summed E-state index contributed by atoms with van der Waals surface area (Å²) in [6.07, 6.45) is 16.4. The molecule has 1 fully saturated rings. The molecule has 0 aromatic carbocycles. The highest BCUT2D eigenvalue weighted by molar-refractivity contribution is 5.70. The Kier molecular flexibility index (Phi) is 5.05. The largest absolute Gasteiger partial charge is 0.462 e.